The van der Waals surface area contributed by atoms with Crippen molar-refractivity contribution in [3.8, 4) is 34.3 Å². The van der Waals surface area contributed by atoms with Gasteiger partial charge in [0, 0.05) is 22.3 Å². The van der Waals surface area contributed by atoms with Crippen LogP contribution in [0, 0.1) is 6.92 Å². The Morgan fingerprint density at radius 1 is 1.00 bits per heavy atom. The maximum Gasteiger partial charge on any atom is 0.256 e. The molecule has 6 nitrogen and oxygen atoms in total. The summed E-state index contributed by atoms with van der Waals surface area (Å²) in [5.41, 5.74) is 3.28. The van der Waals surface area contributed by atoms with E-state index in [0.29, 0.717) is 45.0 Å². The number of oxazole rings is 1. The number of aromatic nitrogens is 1. The van der Waals surface area contributed by atoms with E-state index in [-0.39, 0.29) is 5.91 Å². The number of benzene rings is 3. The van der Waals surface area contributed by atoms with E-state index in [2.05, 4.69) is 10.3 Å². The summed E-state index contributed by atoms with van der Waals surface area (Å²) in [6, 6.07) is 17.9. The molecule has 1 heterocycles. The summed E-state index contributed by atoms with van der Waals surface area (Å²) in [6.45, 7) is 1.90. The SMILES string of the molecule is COc1ccc(-c2cnc(-c3ccccc3C(=O)Nc3cc(Cl)ccc3C)o2)c(OC)c1. The zero-order valence-corrected chi connectivity index (χ0v) is 18.6. The van der Waals surface area contributed by atoms with Crippen LogP contribution in [0.2, 0.25) is 5.02 Å². The second kappa shape index (κ2) is 9.16. The molecule has 0 atom stereocenters. The Balaban J connectivity index is 1.68. The summed E-state index contributed by atoms with van der Waals surface area (Å²) in [6.07, 6.45) is 1.61. The third-order valence-corrected chi connectivity index (χ3v) is 5.26. The van der Waals surface area contributed by atoms with Crippen molar-refractivity contribution in [3.63, 3.8) is 0 Å². The number of aryl methyl sites for hydroxylation is 1. The van der Waals surface area contributed by atoms with E-state index in [9.17, 15) is 4.79 Å². The quantitative estimate of drug-likeness (QED) is 0.378. The second-order valence-corrected chi connectivity index (χ2v) is 7.49. The molecule has 0 aliphatic carbocycles. The first-order chi connectivity index (χ1) is 15.5. The Labute approximate surface area is 190 Å². The summed E-state index contributed by atoms with van der Waals surface area (Å²) >= 11 is 6.08. The first-order valence-corrected chi connectivity index (χ1v) is 10.2. The van der Waals surface area contributed by atoms with Crippen molar-refractivity contribution < 1.29 is 18.7 Å². The van der Waals surface area contributed by atoms with E-state index in [0.717, 1.165) is 11.1 Å². The third-order valence-electron chi connectivity index (χ3n) is 5.03. The molecule has 7 heteroatoms. The van der Waals surface area contributed by atoms with Gasteiger partial charge in [-0.05, 0) is 48.9 Å². The highest BCUT2D eigenvalue weighted by Crippen LogP contribution is 2.36. The zero-order chi connectivity index (χ0) is 22.7. The Kier molecular flexibility index (Phi) is 6.14. The van der Waals surface area contributed by atoms with Crippen LogP contribution in [0.4, 0.5) is 5.69 Å². The molecule has 0 unspecified atom stereocenters. The molecule has 0 radical (unpaired) electrons. The fourth-order valence-electron chi connectivity index (χ4n) is 3.31. The number of ether oxygens (including phenoxy) is 2. The first-order valence-electron chi connectivity index (χ1n) is 9.85. The van der Waals surface area contributed by atoms with Gasteiger partial charge in [-0.1, -0.05) is 29.8 Å². The number of halogens is 1. The molecule has 0 spiro atoms. The Hall–Kier alpha value is -3.77. The number of amides is 1. The maximum absolute atomic E-state index is 13.1. The van der Waals surface area contributed by atoms with Gasteiger partial charge in [-0.3, -0.25) is 4.79 Å². The van der Waals surface area contributed by atoms with Crippen molar-refractivity contribution in [1.82, 2.24) is 4.98 Å². The van der Waals surface area contributed by atoms with Gasteiger partial charge in [0.25, 0.3) is 5.91 Å². The average Bonchev–Trinajstić information content (AvgIpc) is 3.31. The van der Waals surface area contributed by atoms with Gasteiger partial charge in [0.15, 0.2) is 5.76 Å². The van der Waals surface area contributed by atoms with Crippen LogP contribution in [0.15, 0.2) is 71.3 Å². The molecule has 1 N–H and O–H groups in total. The molecule has 32 heavy (non-hydrogen) atoms. The van der Waals surface area contributed by atoms with Crippen LogP contribution in [0.1, 0.15) is 15.9 Å². The van der Waals surface area contributed by atoms with Crippen LogP contribution >= 0.6 is 11.6 Å². The van der Waals surface area contributed by atoms with Gasteiger partial charge in [-0.25, -0.2) is 4.98 Å². The maximum atomic E-state index is 13.1. The van der Waals surface area contributed by atoms with Gasteiger partial charge in [0.05, 0.1) is 31.5 Å². The molecule has 3 aromatic carbocycles. The molecule has 0 aliphatic heterocycles. The Morgan fingerprint density at radius 2 is 1.81 bits per heavy atom. The van der Waals surface area contributed by atoms with Crippen LogP contribution < -0.4 is 14.8 Å². The van der Waals surface area contributed by atoms with Gasteiger partial charge in [0.2, 0.25) is 5.89 Å². The number of carbonyl (C=O) groups excluding carboxylic acids is 1. The lowest BCUT2D eigenvalue weighted by Crippen LogP contribution is -2.14. The minimum absolute atomic E-state index is 0.284. The highest BCUT2D eigenvalue weighted by Gasteiger charge is 2.19. The lowest BCUT2D eigenvalue weighted by atomic mass is 10.1. The summed E-state index contributed by atoms with van der Waals surface area (Å²) in [4.78, 5) is 17.5. The summed E-state index contributed by atoms with van der Waals surface area (Å²) in [7, 11) is 3.17. The van der Waals surface area contributed by atoms with Gasteiger partial charge in [0.1, 0.15) is 11.5 Å². The minimum Gasteiger partial charge on any atom is -0.497 e. The molecule has 0 saturated carbocycles. The number of nitrogens with zero attached hydrogens (tertiary/aromatic N) is 1. The fourth-order valence-corrected chi connectivity index (χ4v) is 3.48. The van der Waals surface area contributed by atoms with Crippen molar-refractivity contribution >= 4 is 23.2 Å². The van der Waals surface area contributed by atoms with Crippen molar-refractivity contribution in [2.75, 3.05) is 19.5 Å². The van der Waals surface area contributed by atoms with Crippen molar-refractivity contribution in [1.29, 1.82) is 0 Å². The van der Waals surface area contributed by atoms with E-state index in [4.69, 9.17) is 25.5 Å². The summed E-state index contributed by atoms with van der Waals surface area (Å²) < 4.78 is 16.7. The second-order valence-electron chi connectivity index (χ2n) is 7.05. The monoisotopic (exact) mass is 448 g/mol. The van der Waals surface area contributed by atoms with Crippen molar-refractivity contribution in [3.05, 3.63) is 83.0 Å². The molecule has 0 bridgehead atoms. The largest absolute Gasteiger partial charge is 0.497 e. The van der Waals surface area contributed by atoms with Crippen LogP contribution in [0.25, 0.3) is 22.8 Å². The average molecular weight is 449 g/mol. The molecule has 0 fully saturated rings. The molecule has 162 valence electrons. The lowest BCUT2D eigenvalue weighted by molar-refractivity contribution is 0.102. The predicted octanol–water partition coefficient (Wildman–Crippen LogP) is 6.24. The molecule has 0 aliphatic rings. The van der Waals surface area contributed by atoms with E-state index in [1.807, 2.05) is 31.2 Å². The zero-order valence-electron chi connectivity index (χ0n) is 17.8. The Morgan fingerprint density at radius 3 is 2.59 bits per heavy atom. The molecule has 4 rings (SSSR count). The number of carbonyl (C=O) groups is 1. The topological polar surface area (TPSA) is 73.6 Å². The summed E-state index contributed by atoms with van der Waals surface area (Å²) in [5, 5.41) is 3.47. The molecule has 1 aromatic heterocycles. The number of methoxy groups -OCH3 is 2. The molecule has 4 aromatic rings. The number of nitrogens with one attached hydrogen (secondary N) is 1. The van der Waals surface area contributed by atoms with Crippen LogP contribution in [-0.2, 0) is 0 Å². The van der Waals surface area contributed by atoms with E-state index >= 15 is 0 Å². The van der Waals surface area contributed by atoms with Crippen molar-refractivity contribution in [2.45, 2.75) is 6.92 Å². The lowest BCUT2D eigenvalue weighted by Gasteiger charge is -2.11. The molecular weight excluding hydrogens is 428 g/mol. The van der Waals surface area contributed by atoms with Gasteiger partial charge in [-0.2, -0.15) is 0 Å². The normalized spacial score (nSPS) is 10.6. The highest BCUT2D eigenvalue weighted by atomic mass is 35.5. The van der Waals surface area contributed by atoms with E-state index in [1.54, 1.807) is 56.8 Å². The van der Waals surface area contributed by atoms with Crippen LogP contribution in [-0.4, -0.2) is 25.1 Å². The van der Waals surface area contributed by atoms with Crippen LogP contribution in [0.5, 0.6) is 11.5 Å². The van der Waals surface area contributed by atoms with Crippen LogP contribution in [0.3, 0.4) is 0 Å². The summed E-state index contributed by atoms with van der Waals surface area (Å²) in [5.74, 6) is 1.82. The third kappa shape index (κ3) is 4.31. The van der Waals surface area contributed by atoms with Crippen molar-refractivity contribution in [2.24, 2.45) is 0 Å². The van der Waals surface area contributed by atoms with Gasteiger partial charge in [-0.15, -0.1) is 0 Å². The smallest absolute Gasteiger partial charge is 0.256 e. The molecule has 1 amide bonds. The predicted molar refractivity (Wildman–Crippen MR) is 125 cm³/mol. The van der Waals surface area contributed by atoms with E-state index in [1.165, 1.54) is 0 Å². The minimum atomic E-state index is -0.284. The number of hydrogen-bond acceptors (Lipinski definition) is 5. The highest BCUT2D eigenvalue weighted by molar-refractivity contribution is 6.31. The van der Waals surface area contributed by atoms with Gasteiger partial charge >= 0.3 is 0 Å². The standard InChI is InChI=1S/C25H21ClN2O4/c1-15-8-9-16(26)12-21(15)28-24(29)18-6-4-5-7-19(18)25-27-14-23(32-25)20-11-10-17(30-2)13-22(20)31-3/h4-14H,1-3H3,(H,28,29). The fraction of sp³-hybridized carbons (Fsp3) is 0.120. The Bertz CT molecular complexity index is 1280. The first kappa shape index (κ1) is 21.5. The molecular formula is C25H21ClN2O4. The molecule has 0 saturated heterocycles. The number of anilines is 1. The number of hydrogen-bond donors (Lipinski definition) is 1. The van der Waals surface area contributed by atoms with Gasteiger partial charge < -0.3 is 19.2 Å². The van der Waals surface area contributed by atoms with E-state index < -0.39 is 0 Å². The number of rotatable bonds is 6.